The first-order valence-corrected chi connectivity index (χ1v) is 10.6. The molecular formula is C22H31N5O6. The maximum atomic E-state index is 12.7. The minimum absolute atomic E-state index is 0.134. The number of nitrogens with one attached hydrogen (secondary N) is 1. The first kappa shape index (κ1) is 24.0. The van der Waals surface area contributed by atoms with Crippen LogP contribution in [0.15, 0.2) is 28.6 Å². The van der Waals surface area contributed by atoms with E-state index >= 15 is 0 Å². The Morgan fingerprint density at radius 2 is 1.76 bits per heavy atom. The van der Waals surface area contributed by atoms with Crippen molar-refractivity contribution in [3.05, 3.63) is 29.0 Å². The fourth-order valence-electron chi connectivity index (χ4n) is 4.40. The lowest BCUT2D eigenvalue weighted by molar-refractivity contribution is -0.127. The Balaban J connectivity index is 1.59. The summed E-state index contributed by atoms with van der Waals surface area (Å²) in [5, 5.41) is 6.47. The lowest BCUT2D eigenvalue weighted by Gasteiger charge is -2.33. The SMILES string of the molecule is COc1cc(CNC(=O)CO/N=C(/N)C2=C(N)C3(CCCC3)N(C)C2=O)cc(OC)c1OC. The van der Waals surface area contributed by atoms with Gasteiger partial charge in [0.15, 0.2) is 23.9 Å². The maximum Gasteiger partial charge on any atom is 0.261 e. The average molecular weight is 462 g/mol. The van der Waals surface area contributed by atoms with Gasteiger partial charge in [0.1, 0.15) is 5.57 Å². The van der Waals surface area contributed by atoms with Crippen molar-refractivity contribution in [3.63, 3.8) is 0 Å². The van der Waals surface area contributed by atoms with Gasteiger partial charge < -0.3 is 40.7 Å². The minimum atomic E-state index is -0.496. The van der Waals surface area contributed by atoms with Crippen LogP contribution in [0, 0.1) is 0 Å². The molecule has 11 nitrogen and oxygen atoms in total. The third-order valence-electron chi connectivity index (χ3n) is 6.19. The van der Waals surface area contributed by atoms with Crippen molar-refractivity contribution in [2.45, 2.75) is 37.8 Å². The van der Waals surface area contributed by atoms with Crippen LogP contribution in [0.3, 0.4) is 0 Å². The Morgan fingerprint density at radius 1 is 1.15 bits per heavy atom. The molecule has 180 valence electrons. The number of carbonyl (C=O) groups excluding carboxylic acids is 2. The van der Waals surface area contributed by atoms with Crippen molar-refractivity contribution >= 4 is 17.6 Å². The summed E-state index contributed by atoms with van der Waals surface area (Å²) in [5.41, 5.74) is 13.1. The summed E-state index contributed by atoms with van der Waals surface area (Å²) in [6, 6.07) is 3.46. The summed E-state index contributed by atoms with van der Waals surface area (Å²) < 4.78 is 15.9. The molecule has 0 aromatic heterocycles. The van der Waals surface area contributed by atoms with E-state index in [1.165, 1.54) is 21.3 Å². The number of benzene rings is 1. The number of nitrogens with zero attached hydrogens (tertiary/aromatic N) is 2. The van der Waals surface area contributed by atoms with E-state index in [4.69, 9.17) is 30.5 Å². The van der Waals surface area contributed by atoms with E-state index in [-0.39, 0.29) is 30.5 Å². The number of amides is 2. The highest BCUT2D eigenvalue weighted by molar-refractivity contribution is 6.22. The van der Waals surface area contributed by atoms with E-state index in [0.29, 0.717) is 22.9 Å². The Labute approximate surface area is 192 Å². The van der Waals surface area contributed by atoms with Crippen LogP contribution in [0.4, 0.5) is 0 Å². The molecule has 11 heteroatoms. The topological polar surface area (TPSA) is 151 Å². The Morgan fingerprint density at radius 3 is 2.30 bits per heavy atom. The summed E-state index contributed by atoms with van der Waals surface area (Å²) in [4.78, 5) is 31.6. The molecule has 2 aliphatic rings. The van der Waals surface area contributed by atoms with Crippen LogP contribution in [0.5, 0.6) is 17.2 Å². The predicted molar refractivity (Wildman–Crippen MR) is 121 cm³/mol. The van der Waals surface area contributed by atoms with Gasteiger partial charge in [0.2, 0.25) is 5.75 Å². The van der Waals surface area contributed by atoms with Crippen LogP contribution < -0.4 is 31.0 Å². The van der Waals surface area contributed by atoms with Crippen LogP contribution in [0.2, 0.25) is 0 Å². The van der Waals surface area contributed by atoms with Crippen LogP contribution >= 0.6 is 0 Å². The summed E-state index contributed by atoms with van der Waals surface area (Å²) >= 11 is 0. The van der Waals surface area contributed by atoms with Gasteiger partial charge >= 0.3 is 0 Å². The zero-order valence-corrected chi connectivity index (χ0v) is 19.4. The fourth-order valence-corrected chi connectivity index (χ4v) is 4.40. The van der Waals surface area contributed by atoms with Gasteiger partial charge in [-0.05, 0) is 30.5 Å². The van der Waals surface area contributed by atoms with E-state index in [1.807, 2.05) is 0 Å². The van der Waals surface area contributed by atoms with Gasteiger partial charge in [-0.1, -0.05) is 18.0 Å². The fraction of sp³-hybridized carbons (Fsp3) is 0.500. The van der Waals surface area contributed by atoms with Crippen LogP contribution in [0.1, 0.15) is 31.2 Å². The quantitative estimate of drug-likeness (QED) is 0.275. The molecule has 1 heterocycles. The lowest BCUT2D eigenvalue weighted by Crippen LogP contribution is -2.45. The van der Waals surface area contributed by atoms with Gasteiger partial charge in [-0.25, -0.2) is 0 Å². The lowest BCUT2D eigenvalue weighted by atomic mass is 9.93. The molecule has 0 unspecified atom stereocenters. The number of hydrogen-bond donors (Lipinski definition) is 3. The van der Waals surface area contributed by atoms with E-state index in [0.717, 1.165) is 31.2 Å². The van der Waals surface area contributed by atoms with Gasteiger partial charge in [-0.15, -0.1) is 0 Å². The molecule has 1 aromatic rings. The molecule has 1 aromatic carbocycles. The largest absolute Gasteiger partial charge is 0.493 e. The number of oxime groups is 1. The number of likely N-dealkylation sites (N-methyl/N-ethyl adjacent to an activating group) is 1. The third-order valence-corrected chi connectivity index (χ3v) is 6.19. The van der Waals surface area contributed by atoms with E-state index in [2.05, 4.69) is 10.5 Å². The molecule has 2 amide bonds. The number of nitrogens with two attached hydrogens (primary N) is 2. The van der Waals surface area contributed by atoms with Gasteiger partial charge in [0.25, 0.3) is 11.8 Å². The molecular weight excluding hydrogens is 430 g/mol. The molecule has 1 spiro atoms. The first-order chi connectivity index (χ1) is 15.8. The number of methoxy groups -OCH3 is 3. The van der Waals surface area contributed by atoms with Crippen LogP contribution in [-0.4, -0.2) is 63.1 Å². The van der Waals surface area contributed by atoms with Gasteiger partial charge in [0, 0.05) is 13.6 Å². The normalized spacial score (nSPS) is 17.5. The molecule has 33 heavy (non-hydrogen) atoms. The standard InChI is InChI=1S/C22H31N5O6/c1-27-21(29)17(19(23)22(27)7-5-6-8-22)20(24)26-33-12-16(28)25-11-13-9-14(30-2)18(32-4)15(10-13)31-3/h9-10H,5-8,11-12,23H2,1-4H3,(H2,24,26)(H,25,28). The number of ether oxygens (including phenoxy) is 3. The molecule has 1 aliphatic heterocycles. The second kappa shape index (κ2) is 9.88. The maximum absolute atomic E-state index is 12.7. The highest BCUT2D eigenvalue weighted by atomic mass is 16.6. The number of carbonyl (C=O) groups is 2. The monoisotopic (exact) mass is 461 g/mol. The second-order valence-electron chi connectivity index (χ2n) is 7.95. The van der Waals surface area contributed by atoms with Crippen molar-refractivity contribution in [2.24, 2.45) is 16.6 Å². The Hall–Kier alpha value is -3.63. The highest BCUT2D eigenvalue weighted by Gasteiger charge is 2.51. The molecule has 3 rings (SSSR count). The summed E-state index contributed by atoms with van der Waals surface area (Å²) in [6.45, 7) is -0.185. The Kier molecular flexibility index (Phi) is 7.19. The van der Waals surface area contributed by atoms with E-state index < -0.39 is 11.4 Å². The molecule has 0 saturated heterocycles. The first-order valence-electron chi connectivity index (χ1n) is 10.6. The van der Waals surface area contributed by atoms with Gasteiger partial charge in [-0.3, -0.25) is 9.59 Å². The summed E-state index contributed by atoms with van der Waals surface area (Å²) in [5.74, 6) is 0.572. The predicted octanol–water partition coefficient (Wildman–Crippen LogP) is 0.615. The van der Waals surface area contributed by atoms with Crippen molar-refractivity contribution in [3.8, 4) is 17.2 Å². The average Bonchev–Trinajstić information content (AvgIpc) is 3.38. The zero-order valence-electron chi connectivity index (χ0n) is 19.4. The molecule has 1 aliphatic carbocycles. The highest BCUT2D eigenvalue weighted by Crippen LogP contribution is 2.44. The van der Waals surface area contributed by atoms with Crippen molar-refractivity contribution in [1.29, 1.82) is 0 Å². The van der Waals surface area contributed by atoms with Crippen molar-refractivity contribution in [1.82, 2.24) is 10.2 Å². The van der Waals surface area contributed by atoms with Crippen LogP contribution in [0.25, 0.3) is 0 Å². The molecule has 1 saturated carbocycles. The molecule has 0 atom stereocenters. The third kappa shape index (κ3) is 4.48. The van der Waals surface area contributed by atoms with Crippen LogP contribution in [-0.2, 0) is 21.0 Å². The second-order valence-corrected chi connectivity index (χ2v) is 7.95. The molecule has 5 N–H and O–H groups in total. The van der Waals surface area contributed by atoms with Gasteiger partial charge in [-0.2, -0.15) is 0 Å². The minimum Gasteiger partial charge on any atom is -0.493 e. The zero-order chi connectivity index (χ0) is 24.2. The van der Waals surface area contributed by atoms with Gasteiger partial charge in [0.05, 0.1) is 32.6 Å². The summed E-state index contributed by atoms with van der Waals surface area (Å²) in [6.07, 6.45) is 3.57. The summed E-state index contributed by atoms with van der Waals surface area (Å²) in [7, 11) is 6.26. The van der Waals surface area contributed by atoms with E-state index in [1.54, 1.807) is 24.1 Å². The molecule has 0 radical (unpaired) electrons. The van der Waals surface area contributed by atoms with E-state index in [9.17, 15) is 9.59 Å². The smallest absolute Gasteiger partial charge is 0.261 e. The molecule has 0 bridgehead atoms. The Bertz CT molecular complexity index is 958. The molecule has 1 fully saturated rings. The van der Waals surface area contributed by atoms with Crippen molar-refractivity contribution < 1.29 is 28.6 Å². The van der Waals surface area contributed by atoms with Crippen molar-refractivity contribution in [2.75, 3.05) is 35.0 Å². The number of rotatable bonds is 9. The number of hydrogen-bond acceptors (Lipinski definition) is 8. The number of amidine groups is 1.